The zero-order valence-electron chi connectivity index (χ0n) is 9.76. The largest absolute Gasteiger partial charge is 0.396 e. The van der Waals surface area contributed by atoms with Gasteiger partial charge in [0.1, 0.15) is 0 Å². The van der Waals surface area contributed by atoms with Crippen LogP contribution in [0.5, 0.6) is 0 Å². The summed E-state index contributed by atoms with van der Waals surface area (Å²) in [5.74, 6) is 0.757. The Balaban J connectivity index is 2.05. The van der Waals surface area contributed by atoms with Crippen molar-refractivity contribution in [2.75, 3.05) is 13.2 Å². The van der Waals surface area contributed by atoms with Crippen molar-refractivity contribution in [3.8, 4) is 0 Å². The zero-order chi connectivity index (χ0) is 11.6. The lowest BCUT2D eigenvalue weighted by molar-refractivity contribution is 0.114. The highest BCUT2D eigenvalue weighted by atomic mass is 16.3. The number of aromatic nitrogens is 3. The van der Waals surface area contributed by atoms with Crippen LogP contribution in [0.25, 0.3) is 0 Å². The normalized spacial score (nSPS) is 19.7. The molecule has 1 unspecified atom stereocenters. The fourth-order valence-electron chi connectivity index (χ4n) is 2.21. The molecule has 0 saturated heterocycles. The molecule has 1 fully saturated rings. The molecule has 5 nitrogen and oxygen atoms in total. The summed E-state index contributed by atoms with van der Waals surface area (Å²) < 4.78 is 1.69. The minimum absolute atomic E-state index is 0.135. The van der Waals surface area contributed by atoms with Gasteiger partial charge < -0.3 is 10.8 Å². The average Bonchev–Trinajstić information content (AvgIpc) is 3.00. The highest BCUT2D eigenvalue weighted by molar-refractivity contribution is 5.01. The van der Waals surface area contributed by atoms with Crippen LogP contribution in [-0.4, -0.2) is 33.3 Å². The van der Waals surface area contributed by atoms with Gasteiger partial charge in [-0.3, -0.25) is 4.68 Å². The van der Waals surface area contributed by atoms with Crippen LogP contribution >= 0.6 is 0 Å². The van der Waals surface area contributed by atoms with E-state index in [2.05, 4.69) is 10.3 Å². The van der Waals surface area contributed by atoms with Crippen molar-refractivity contribution in [1.82, 2.24) is 15.0 Å². The highest BCUT2D eigenvalue weighted by Crippen LogP contribution is 2.41. The number of aliphatic hydroxyl groups is 1. The lowest BCUT2D eigenvalue weighted by Crippen LogP contribution is -2.37. The average molecular weight is 224 g/mol. The second kappa shape index (κ2) is 4.51. The summed E-state index contributed by atoms with van der Waals surface area (Å²) >= 11 is 0. The van der Waals surface area contributed by atoms with Gasteiger partial charge in [0.2, 0.25) is 0 Å². The van der Waals surface area contributed by atoms with Gasteiger partial charge in [-0.2, -0.15) is 0 Å². The molecule has 0 radical (unpaired) electrons. The van der Waals surface area contributed by atoms with Crippen molar-refractivity contribution >= 4 is 0 Å². The van der Waals surface area contributed by atoms with Crippen LogP contribution in [0.3, 0.4) is 0 Å². The molecule has 1 aromatic heterocycles. The molecule has 0 aromatic carbocycles. The van der Waals surface area contributed by atoms with E-state index in [1.807, 2.05) is 13.2 Å². The van der Waals surface area contributed by atoms with E-state index in [-0.39, 0.29) is 12.0 Å². The molecule has 1 atom stereocenters. The summed E-state index contributed by atoms with van der Waals surface area (Å²) in [6.45, 7) is 0.646. The molecule has 1 aromatic rings. The van der Waals surface area contributed by atoms with Crippen LogP contribution < -0.4 is 5.73 Å². The number of nitrogens with zero attached hydrogens (tertiary/aromatic N) is 3. The molecule has 0 bridgehead atoms. The van der Waals surface area contributed by atoms with Gasteiger partial charge in [0.25, 0.3) is 0 Å². The quantitative estimate of drug-likeness (QED) is 0.718. The first-order valence-corrected chi connectivity index (χ1v) is 5.83. The van der Waals surface area contributed by atoms with Crippen molar-refractivity contribution in [3.63, 3.8) is 0 Å². The van der Waals surface area contributed by atoms with E-state index >= 15 is 0 Å². The van der Waals surface area contributed by atoms with Crippen LogP contribution in [0, 0.1) is 11.3 Å². The van der Waals surface area contributed by atoms with E-state index in [9.17, 15) is 5.11 Å². The second-order valence-electron chi connectivity index (χ2n) is 5.07. The highest BCUT2D eigenvalue weighted by Gasteiger charge is 2.36. The predicted molar refractivity (Wildman–Crippen MR) is 60.6 cm³/mol. The maximum Gasteiger partial charge on any atom is 0.0833 e. The molecule has 3 N–H and O–H groups in total. The Labute approximate surface area is 95.6 Å². The number of rotatable bonds is 6. The fourth-order valence-corrected chi connectivity index (χ4v) is 2.21. The minimum atomic E-state index is -0.197. The summed E-state index contributed by atoms with van der Waals surface area (Å²) in [6.07, 6.45) is 6.19. The van der Waals surface area contributed by atoms with E-state index < -0.39 is 0 Å². The first-order valence-electron chi connectivity index (χ1n) is 5.83. The van der Waals surface area contributed by atoms with Gasteiger partial charge in [0.05, 0.1) is 12.3 Å². The summed E-state index contributed by atoms with van der Waals surface area (Å²) in [5, 5.41) is 17.6. The first-order chi connectivity index (χ1) is 7.67. The van der Waals surface area contributed by atoms with Crippen molar-refractivity contribution in [1.29, 1.82) is 0 Å². The number of aliphatic hydroxyl groups excluding tert-OH is 1. The Morgan fingerprint density at radius 1 is 1.62 bits per heavy atom. The van der Waals surface area contributed by atoms with Gasteiger partial charge in [-0.25, -0.2) is 0 Å². The van der Waals surface area contributed by atoms with Crippen molar-refractivity contribution in [2.45, 2.75) is 25.7 Å². The van der Waals surface area contributed by atoms with Gasteiger partial charge in [-0.05, 0) is 12.3 Å². The Morgan fingerprint density at radius 2 is 2.38 bits per heavy atom. The number of hydrogen-bond acceptors (Lipinski definition) is 4. The lowest BCUT2D eigenvalue weighted by Gasteiger charge is -2.29. The molecule has 90 valence electrons. The van der Waals surface area contributed by atoms with Gasteiger partial charge in [0.15, 0.2) is 0 Å². The standard InChI is InChI=1S/C11H20N4O/c1-15-6-10(13-14-15)5-11(7-12,8-16)4-9-2-3-9/h6,9,16H,2-5,7-8,12H2,1H3. The van der Waals surface area contributed by atoms with Crippen LogP contribution in [0.1, 0.15) is 25.0 Å². The topological polar surface area (TPSA) is 77.0 Å². The Hall–Kier alpha value is -0.940. The summed E-state index contributed by atoms with van der Waals surface area (Å²) in [4.78, 5) is 0. The van der Waals surface area contributed by atoms with Crippen molar-refractivity contribution in [3.05, 3.63) is 11.9 Å². The van der Waals surface area contributed by atoms with Gasteiger partial charge in [-0.15, -0.1) is 5.10 Å². The van der Waals surface area contributed by atoms with E-state index in [1.165, 1.54) is 12.8 Å². The summed E-state index contributed by atoms with van der Waals surface area (Å²) in [7, 11) is 1.85. The molecule has 0 aliphatic heterocycles. The Kier molecular flexibility index (Phi) is 3.25. The monoisotopic (exact) mass is 224 g/mol. The summed E-state index contributed by atoms with van der Waals surface area (Å²) in [5.41, 5.74) is 6.56. The molecule has 5 heteroatoms. The first kappa shape index (κ1) is 11.5. The molecule has 0 spiro atoms. The second-order valence-corrected chi connectivity index (χ2v) is 5.07. The maximum absolute atomic E-state index is 9.59. The fraction of sp³-hybridized carbons (Fsp3) is 0.818. The van der Waals surface area contributed by atoms with Gasteiger partial charge in [0, 0.05) is 31.6 Å². The maximum atomic E-state index is 9.59. The minimum Gasteiger partial charge on any atom is -0.396 e. The van der Waals surface area contributed by atoms with Crippen molar-refractivity contribution in [2.24, 2.45) is 24.1 Å². The smallest absolute Gasteiger partial charge is 0.0833 e. The van der Waals surface area contributed by atoms with E-state index in [0.29, 0.717) is 6.54 Å². The van der Waals surface area contributed by atoms with Gasteiger partial charge >= 0.3 is 0 Å². The molecule has 2 rings (SSSR count). The molecule has 1 aliphatic rings. The molecule has 1 heterocycles. The number of nitrogens with two attached hydrogens (primary N) is 1. The third-order valence-corrected chi connectivity index (χ3v) is 3.39. The van der Waals surface area contributed by atoms with Crippen molar-refractivity contribution < 1.29 is 5.11 Å². The Morgan fingerprint density at radius 3 is 2.81 bits per heavy atom. The molecule has 0 amide bonds. The third kappa shape index (κ3) is 2.59. The molecule has 1 aliphatic carbocycles. The van der Waals surface area contributed by atoms with Crippen LogP contribution in [0.2, 0.25) is 0 Å². The van der Waals surface area contributed by atoms with Crippen LogP contribution in [0.15, 0.2) is 6.20 Å². The zero-order valence-corrected chi connectivity index (χ0v) is 9.76. The predicted octanol–water partition coefficient (Wildman–Crippen LogP) is 0.0951. The molecule has 16 heavy (non-hydrogen) atoms. The lowest BCUT2D eigenvalue weighted by atomic mass is 9.79. The molecular weight excluding hydrogens is 204 g/mol. The molecular formula is C11H20N4O. The summed E-state index contributed by atoms with van der Waals surface area (Å²) in [6, 6.07) is 0. The van der Waals surface area contributed by atoms with E-state index in [4.69, 9.17) is 5.73 Å². The van der Waals surface area contributed by atoms with E-state index in [1.54, 1.807) is 4.68 Å². The van der Waals surface area contributed by atoms with Gasteiger partial charge in [-0.1, -0.05) is 18.1 Å². The third-order valence-electron chi connectivity index (χ3n) is 3.39. The van der Waals surface area contributed by atoms with Crippen LogP contribution in [-0.2, 0) is 13.5 Å². The van der Waals surface area contributed by atoms with Crippen LogP contribution in [0.4, 0.5) is 0 Å². The Bertz CT molecular complexity index is 342. The SMILES string of the molecule is Cn1cc(CC(CN)(CO)CC2CC2)nn1. The molecule has 1 saturated carbocycles. The van der Waals surface area contributed by atoms with E-state index in [0.717, 1.165) is 24.5 Å². The number of aryl methyl sites for hydroxylation is 1. The number of hydrogen-bond donors (Lipinski definition) is 2.